The second-order valence-corrected chi connectivity index (χ2v) is 6.30. The molecule has 0 aliphatic rings. The molecule has 1 heterocycles. The van der Waals surface area contributed by atoms with Crippen molar-refractivity contribution < 1.29 is 15.0 Å². The second-order valence-electron chi connectivity index (χ2n) is 5.36. The highest BCUT2D eigenvalue weighted by atomic mass is 32.2. The molecule has 0 amide bonds. The van der Waals surface area contributed by atoms with E-state index in [4.69, 9.17) is 5.11 Å². The Morgan fingerprint density at radius 3 is 2.48 bits per heavy atom. The maximum absolute atomic E-state index is 10.9. The number of rotatable bonds is 6. The number of nitrogens with zero attached hydrogens (tertiary/aromatic N) is 3. The average molecular weight is 355 g/mol. The van der Waals surface area contributed by atoms with Crippen LogP contribution in [0.3, 0.4) is 0 Å². The number of hydrogen-bond donors (Lipinski definition) is 2. The van der Waals surface area contributed by atoms with Crippen LogP contribution in [0.25, 0.3) is 11.4 Å². The largest absolute Gasteiger partial charge is 0.507 e. The van der Waals surface area contributed by atoms with Crippen molar-refractivity contribution in [1.29, 1.82) is 0 Å². The summed E-state index contributed by atoms with van der Waals surface area (Å²) in [4.78, 5) is 10.9. The number of carboxylic acids is 1. The van der Waals surface area contributed by atoms with Crippen LogP contribution in [0.1, 0.15) is 22.8 Å². The van der Waals surface area contributed by atoms with Crippen LogP contribution in [-0.4, -0.2) is 30.9 Å². The Morgan fingerprint density at radius 2 is 1.84 bits per heavy atom. The fraction of sp³-hybridized carbons (Fsp3) is 0.167. The van der Waals surface area contributed by atoms with E-state index in [0.29, 0.717) is 23.7 Å². The minimum absolute atomic E-state index is 0.172. The zero-order valence-corrected chi connectivity index (χ0v) is 14.4. The van der Waals surface area contributed by atoms with Gasteiger partial charge in [-0.2, -0.15) is 0 Å². The van der Waals surface area contributed by atoms with Gasteiger partial charge in [0.2, 0.25) is 0 Å². The van der Waals surface area contributed by atoms with E-state index < -0.39 is 5.97 Å². The first kappa shape index (κ1) is 17.0. The summed E-state index contributed by atoms with van der Waals surface area (Å²) in [5, 5.41) is 28.2. The van der Waals surface area contributed by atoms with Gasteiger partial charge in [0.1, 0.15) is 5.75 Å². The van der Waals surface area contributed by atoms with Gasteiger partial charge in [0.15, 0.2) is 11.0 Å². The molecule has 0 bridgehead atoms. The number of phenols is 1. The highest BCUT2D eigenvalue weighted by molar-refractivity contribution is 7.98. The van der Waals surface area contributed by atoms with Crippen LogP contribution in [0, 0.1) is 0 Å². The predicted molar refractivity (Wildman–Crippen MR) is 95.8 cm³/mol. The van der Waals surface area contributed by atoms with Gasteiger partial charge in [-0.15, -0.1) is 10.2 Å². The van der Waals surface area contributed by atoms with Gasteiger partial charge in [0, 0.05) is 12.3 Å². The van der Waals surface area contributed by atoms with E-state index in [9.17, 15) is 9.90 Å². The highest BCUT2D eigenvalue weighted by Gasteiger charge is 2.15. The number of para-hydroxylation sites is 1. The van der Waals surface area contributed by atoms with Crippen molar-refractivity contribution in [2.75, 3.05) is 0 Å². The summed E-state index contributed by atoms with van der Waals surface area (Å²) in [5.74, 6) is 0.519. The summed E-state index contributed by atoms with van der Waals surface area (Å²) in [7, 11) is 0. The zero-order chi connectivity index (χ0) is 17.8. The third-order valence-electron chi connectivity index (χ3n) is 3.75. The zero-order valence-electron chi connectivity index (χ0n) is 13.6. The standard InChI is InChI=1S/C18H17N3O3S/c1-2-21-16(14-5-3-4-6-15(14)22)19-20-18(21)25-11-12-7-9-13(10-8-12)17(23)24/h3-10,22H,2,11H2,1H3,(H,23,24). The van der Waals surface area contributed by atoms with Crippen LogP contribution in [0.2, 0.25) is 0 Å². The molecule has 2 aromatic carbocycles. The van der Waals surface area contributed by atoms with E-state index in [-0.39, 0.29) is 11.3 Å². The van der Waals surface area contributed by atoms with Crippen LogP contribution < -0.4 is 0 Å². The Hall–Kier alpha value is -2.80. The van der Waals surface area contributed by atoms with Crippen molar-refractivity contribution in [3.8, 4) is 17.1 Å². The first-order valence-corrected chi connectivity index (χ1v) is 8.75. The number of carbonyl (C=O) groups is 1. The Morgan fingerprint density at radius 1 is 1.12 bits per heavy atom. The van der Waals surface area contributed by atoms with Gasteiger partial charge in [-0.25, -0.2) is 4.79 Å². The summed E-state index contributed by atoms with van der Waals surface area (Å²) in [6.07, 6.45) is 0. The monoisotopic (exact) mass is 355 g/mol. The second kappa shape index (κ2) is 7.40. The molecule has 0 saturated heterocycles. The molecular weight excluding hydrogens is 338 g/mol. The number of thioether (sulfide) groups is 1. The minimum atomic E-state index is -0.933. The van der Waals surface area contributed by atoms with Crippen molar-refractivity contribution >= 4 is 17.7 Å². The van der Waals surface area contributed by atoms with Gasteiger partial charge in [-0.3, -0.25) is 0 Å². The van der Waals surface area contributed by atoms with Gasteiger partial charge in [-0.1, -0.05) is 36.0 Å². The normalized spacial score (nSPS) is 10.8. The third-order valence-corrected chi connectivity index (χ3v) is 4.78. The van der Waals surface area contributed by atoms with Crippen molar-refractivity contribution in [2.24, 2.45) is 0 Å². The molecular formula is C18H17N3O3S. The van der Waals surface area contributed by atoms with E-state index in [1.807, 2.05) is 23.6 Å². The fourth-order valence-corrected chi connectivity index (χ4v) is 3.39. The lowest BCUT2D eigenvalue weighted by Gasteiger charge is -2.08. The number of hydrogen-bond acceptors (Lipinski definition) is 5. The predicted octanol–water partition coefficient (Wildman–Crippen LogP) is 3.66. The Labute approximate surface area is 149 Å². The molecule has 0 unspecified atom stereocenters. The molecule has 0 aliphatic carbocycles. The Balaban J connectivity index is 1.79. The van der Waals surface area contributed by atoms with Crippen molar-refractivity contribution in [2.45, 2.75) is 24.4 Å². The van der Waals surface area contributed by atoms with Gasteiger partial charge in [0.05, 0.1) is 11.1 Å². The number of phenolic OH excluding ortho intramolecular Hbond substituents is 1. The molecule has 0 saturated carbocycles. The van der Waals surface area contributed by atoms with Crippen molar-refractivity contribution in [1.82, 2.24) is 14.8 Å². The molecule has 0 atom stereocenters. The number of benzene rings is 2. The average Bonchev–Trinajstić information content (AvgIpc) is 3.03. The molecule has 0 radical (unpaired) electrons. The Kier molecular flexibility index (Phi) is 5.04. The maximum atomic E-state index is 10.9. The van der Waals surface area contributed by atoms with E-state index in [1.165, 1.54) is 11.8 Å². The summed E-state index contributed by atoms with van der Waals surface area (Å²) in [6.45, 7) is 2.68. The number of aromatic nitrogens is 3. The lowest BCUT2D eigenvalue weighted by Crippen LogP contribution is -2.00. The van der Waals surface area contributed by atoms with Crippen LogP contribution in [0.4, 0.5) is 0 Å². The molecule has 25 heavy (non-hydrogen) atoms. The third kappa shape index (κ3) is 3.66. The van der Waals surface area contributed by atoms with Crippen LogP contribution in [0.5, 0.6) is 5.75 Å². The van der Waals surface area contributed by atoms with Crippen molar-refractivity contribution in [3.05, 3.63) is 59.7 Å². The topological polar surface area (TPSA) is 88.2 Å². The lowest BCUT2D eigenvalue weighted by molar-refractivity contribution is 0.0697. The van der Waals surface area contributed by atoms with E-state index in [2.05, 4.69) is 10.2 Å². The number of aromatic hydroxyl groups is 1. The SMILES string of the molecule is CCn1c(SCc2ccc(C(=O)O)cc2)nnc1-c1ccccc1O. The van der Waals surface area contributed by atoms with Crippen LogP contribution in [-0.2, 0) is 12.3 Å². The smallest absolute Gasteiger partial charge is 0.335 e. The van der Waals surface area contributed by atoms with Gasteiger partial charge in [0.25, 0.3) is 0 Å². The lowest BCUT2D eigenvalue weighted by atomic mass is 10.1. The molecule has 3 rings (SSSR count). The molecule has 0 spiro atoms. The quantitative estimate of drug-likeness (QED) is 0.656. The molecule has 6 nitrogen and oxygen atoms in total. The number of carboxylic acid groups (broad SMARTS) is 1. The summed E-state index contributed by atoms with van der Waals surface area (Å²) < 4.78 is 1.95. The van der Waals surface area contributed by atoms with Crippen LogP contribution in [0.15, 0.2) is 53.7 Å². The summed E-state index contributed by atoms with van der Waals surface area (Å²) in [5.41, 5.74) is 1.92. The van der Waals surface area contributed by atoms with Crippen molar-refractivity contribution in [3.63, 3.8) is 0 Å². The minimum Gasteiger partial charge on any atom is -0.507 e. The van der Waals surface area contributed by atoms with Crippen LogP contribution >= 0.6 is 11.8 Å². The molecule has 7 heteroatoms. The molecule has 3 aromatic rings. The molecule has 128 valence electrons. The first-order chi connectivity index (χ1) is 12.1. The van der Waals surface area contributed by atoms with E-state index in [0.717, 1.165) is 10.7 Å². The first-order valence-electron chi connectivity index (χ1n) is 7.76. The van der Waals surface area contributed by atoms with Gasteiger partial charge in [-0.05, 0) is 36.8 Å². The van der Waals surface area contributed by atoms with Gasteiger partial charge < -0.3 is 14.8 Å². The maximum Gasteiger partial charge on any atom is 0.335 e. The molecule has 0 aliphatic heterocycles. The summed E-state index contributed by atoms with van der Waals surface area (Å²) >= 11 is 1.52. The Bertz CT molecular complexity index is 891. The molecule has 1 aromatic heterocycles. The fourth-order valence-electron chi connectivity index (χ4n) is 2.43. The molecule has 0 fully saturated rings. The van der Waals surface area contributed by atoms with E-state index in [1.54, 1.807) is 36.4 Å². The van der Waals surface area contributed by atoms with Gasteiger partial charge >= 0.3 is 5.97 Å². The number of aromatic carboxylic acids is 1. The highest BCUT2D eigenvalue weighted by Crippen LogP contribution is 2.31. The summed E-state index contributed by atoms with van der Waals surface area (Å²) in [6, 6.07) is 13.8. The van der Waals surface area contributed by atoms with E-state index >= 15 is 0 Å². The molecule has 2 N–H and O–H groups in total.